The fraction of sp³-hybridized carbons (Fsp3) is 0.842. The molecule has 7 nitrogen and oxygen atoms in total. The largest absolute Gasteiger partial charge is 0.385 e. The Balaban J connectivity index is 1.98. The minimum atomic E-state index is 0.338. The molecular formula is C19H36N6O. The second-order valence-electron chi connectivity index (χ2n) is 7.47. The number of hydrogen-bond acceptors (Lipinski definition) is 4. The van der Waals surface area contributed by atoms with E-state index in [1.807, 2.05) is 18.5 Å². The Morgan fingerprint density at radius 1 is 1.27 bits per heavy atom. The van der Waals surface area contributed by atoms with Crippen LogP contribution in [0.25, 0.3) is 0 Å². The van der Waals surface area contributed by atoms with Crippen molar-refractivity contribution in [3.63, 3.8) is 0 Å². The molecule has 0 aliphatic heterocycles. The van der Waals surface area contributed by atoms with Gasteiger partial charge in [0.25, 0.3) is 0 Å². The Morgan fingerprint density at radius 3 is 2.65 bits per heavy atom. The lowest BCUT2D eigenvalue weighted by Gasteiger charge is -2.30. The van der Waals surface area contributed by atoms with Crippen LogP contribution in [0.3, 0.4) is 0 Å². The van der Waals surface area contributed by atoms with Crippen molar-refractivity contribution in [3.05, 3.63) is 11.6 Å². The van der Waals surface area contributed by atoms with Gasteiger partial charge in [-0.25, -0.2) is 4.99 Å². The van der Waals surface area contributed by atoms with E-state index in [1.165, 1.54) is 32.1 Å². The van der Waals surface area contributed by atoms with Crippen LogP contribution in [0.1, 0.15) is 63.5 Å². The van der Waals surface area contributed by atoms with Crippen molar-refractivity contribution in [2.45, 2.75) is 65.3 Å². The van der Waals surface area contributed by atoms with E-state index in [9.17, 15) is 0 Å². The Kier molecular flexibility index (Phi) is 8.35. The number of aryl methyl sites for hydroxylation is 1. The van der Waals surface area contributed by atoms with Crippen LogP contribution >= 0.6 is 0 Å². The van der Waals surface area contributed by atoms with E-state index in [0.717, 1.165) is 50.1 Å². The zero-order valence-corrected chi connectivity index (χ0v) is 17.0. The fourth-order valence-electron chi connectivity index (χ4n) is 3.53. The number of rotatable bonds is 10. The summed E-state index contributed by atoms with van der Waals surface area (Å²) in [6, 6.07) is 0. The van der Waals surface area contributed by atoms with Gasteiger partial charge < -0.3 is 19.9 Å². The summed E-state index contributed by atoms with van der Waals surface area (Å²) in [4.78, 5) is 4.75. The highest BCUT2D eigenvalue weighted by Gasteiger charge is 2.33. The SMILES string of the molecule is CCCCNC(=NCc1nnc(C)n1C)NCC1(CCOC)CCCC1. The van der Waals surface area contributed by atoms with Crippen molar-refractivity contribution in [3.8, 4) is 0 Å². The molecule has 0 atom stereocenters. The number of hydrogen-bond donors (Lipinski definition) is 2. The molecule has 0 radical (unpaired) electrons. The van der Waals surface area contributed by atoms with Crippen molar-refractivity contribution in [2.75, 3.05) is 26.8 Å². The molecule has 26 heavy (non-hydrogen) atoms. The van der Waals surface area contributed by atoms with E-state index in [1.54, 1.807) is 7.11 Å². The molecule has 0 bridgehead atoms. The van der Waals surface area contributed by atoms with Crippen molar-refractivity contribution < 1.29 is 4.74 Å². The lowest BCUT2D eigenvalue weighted by Crippen LogP contribution is -2.43. The zero-order chi connectivity index (χ0) is 18.8. The van der Waals surface area contributed by atoms with Crippen LogP contribution in [0.4, 0.5) is 0 Å². The predicted octanol–water partition coefficient (Wildman–Crippen LogP) is 2.56. The van der Waals surface area contributed by atoms with Gasteiger partial charge in [-0.05, 0) is 38.0 Å². The molecule has 0 aromatic carbocycles. The van der Waals surface area contributed by atoms with Gasteiger partial charge in [0.15, 0.2) is 11.8 Å². The lowest BCUT2D eigenvalue weighted by molar-refractivity contribution is 0.138. The second kappa shape index (κ2) is 10.5. The topological polar surface area (TPSA) is 76.4 Å². The molecule has 2 N–H and O–H groups in total. The van der Waals surface area contributed by atoms with Gasteiger partial charge in [-0.2, -0.15) is 0 Å². The van der Waals surface area contributed by atoms with Gasteiger partial charge in [0, 0.05) is 33.9 Å². The van der Waals surface area contributed by atoms with Crippen molar-refractivity contribution in [1.82, 2.24) is 25.4 Å². The van der Waals surface area contributed by atoms with E-state index in [0.29, 0.717) is 12.0 Å². The number of aromatic nitrogens is 3. The molecule has 0 spiro atoms. The number of nitrogens with one attached hydrogen (secondary N) is 2. The smallest absolute Gasteiger partial charge is 0.191 e. The number of ether oxygens (including phenoxy) is 1. The predicted molar refractivity (Wildman–Crippen MR) is 105 cm³/mol. The lowest BCUT2D eigenvalue weighted by atomic mass is 9.83. The molecule has 1 saturated carbocycles. The summed E-state index contributed by atoms with van der Waals surface area (Å²) < 4.78 is 7.33. The van der Waals surface area contributed by atoms with Crippen LogP contribution < -0.4 is 10.6 Å². The van der Waals surface area contributed by atoms with Gasteiger partial charge in [0.1, 0.15) is 12.4 Å². The summed E-state index contributed by atoms with van der Waals surface area (Å²) >= 11 is 0. The third-order valence-corrected chi connectivity index (χ3v) is 5.52. The molecular weight excluding hydrogens is 328 g/mol. The molecule has 2 rings (SSSR count). The minimum Gasteiger partial charge on any atom is -0.385 e. The first kappa shape index (κ1) is 20.7. The minimum absolute atomic E-state index is 0.338. The van der Waals surface area contributed by atoms with E-state index in [2.05, 4.69) is 27.8 Å². The van der Waals surface area contributed by atoms with E-state index in [4.69, 9.17) is 9.73 Å². The molecule has 0 unspecified atom stereocenters. The molecule has 1 aliphatic carbocycles. The average Bonchev–Trinajstić information content (AvgIpc) is 3.24. The highest BCUT2D eigenvalue weighted by molar-refractivity contribution is 5.79. The summed E-state index contributed by atoms with van der Waals surface area (Å²) in [7, 11) is 3.77. The molecule has 0 amide bonds. The third kappa shape index (κ3) is 5.97. The molecule has 7 heteroatoms. The van der Waals surface area contributed by atoms with Gasteiger partial charge >= 0.3 is 0 Å². The second-order valence-corrected chi connectivity index (χ2v) is 7.47. The van der Waals surface area contributed by atoms with Crippen molar-refractivity contribution in [2.24, 2.45) is 17.5 Å². The highest BCUT2D eigenvalue weighted by atomic mass is 16.5. The quantitative estimate of drug-likeness (QED) is 0.379. The van der Waals surface area contributed by atoms with Gasteiger partial charge in [-0.15, -0.1) is 10.2 Å². The van der Waals surface area contributed by atoms with Crippen molar-refractivity contribution >= 4 is 5.96 Å². The number of methoxy groups -OCH3 is 1. The summed E-state index contributed by atoms with van der Waals surface area (Å²) in [5.41, 5.74) is 0.338. The summed E-state index contributed by atoms with van der Waals surface area (Å²) in [6.07, 6.45) is 8.60. The third-order valence-electron chi connectivity index (χ3n) is 5.52. The summed E-state index contributed by atoms with van der Waals surface area (Å²) in [5.74, 6) is 2.67. The number of nitrogens with zero attached hydrogens (tertiary/aromatic N) is 4. The van der Waals surface area contributed by atoms with Gasteiger partial charge in [-0.3, -0.25) is 0 Å². The summed E-state index contributed by atoms with van der Waals surface area (Å²) in [6.45, 7) is 7.40. The molecule has 1 aromatic rings. The van der Waals surface area contributed by atoms with Crippen LogP contribution in [0.2, 0.25) is 0 Å². The molecule has 1 aromatic heterocycles. The molecule has 148 valence electrons. The van der Waals surface area contributed by atoms with Gasteiger partial charge in [-0.1, -0.05) is 26.2 Å². The Labute approximate surface area is 158 Å². The fourth-order valence-corrected chi connectivity index (χ4v) is 3.53. The van der Waals surface area contributed by atoms with E-state index in [-0.39, 0.29) is 0 Å². The van der Waals surface area contributed by atoms with Crippen LogP contribution in [0.15, 0.2) is 4.99 Å². The maximum absolute atomic E-state index is 5.34. The zero-order valence-electron chi connectivity index (χ0n) is 17.0. The Hall–Kier alpha value is -1.63. The molecule has 1 fully saturated rings. The Morgan fingerprint density at radius 2 is 2.04 bits per heavy atom. The molecule has 1 aliphatic rings. The number of guanidine groups is 1. The average molecular weight is 365 g/mol. The van der Waals surface area contributed by atoms with Crippen molar-refractivity contribution in [1.29, 1.82) is 0 Å². The van der Waals surface area contributed by atoms with Crippen LogP contribution in [-0.2, 0) is 18.3 Å². The molecule has 1 heterocycles. The summed E-state index contributed by atoms with van der Waals surface area (Å²) in [5, 5.41) is 15.4. The first-order valence-electron chi connectivity index (χ1n) is 9.96. The van der Waals surface area contributed by atoms with E-state index < -0.39 is 0 Å². The maximum atomic E-state index is 5.34. The van der Waals surface area contributed by atoms with Crippen LogP contribution in [0.5, 0.6) is 0 Å². The molecule has 0 saturated heterocycles. The Bertz CT molecular complexity index is 562. The van der Waals surface area contributed by atoms with Gasteiger partial charge in [0.2, 0.25) is 0 Å². The monoisotopic (exact) mass is 364 g/mol. The first-order valence-corrected chi connectivity index (χ1v) is 9.96. The number of unbranched alkanes of at least 4 members (excludes halogenated alkanes) is 1. The highest BCUT2D eigenvalue weighted by Crippen LogP contribution is 2.40. The van der Waals surface area contributed by atoms with Gasteiger partial charge in [0.05, 0.1) is 0 Å². The maximum Gasteiger partial charge on any atom is 0.191 e. The van der Waals surface area contributed by atoms with Crippen LogP contribution in [-0.4, -0.2) is 47.5 Å². The first-order chi connectivity index (χ1) is 12.6. The standard InChI is InChI=1S/C19H36N6O/c1-5-6-12-20-18(21-14-17-24-23-16(2)25(17)3)22-15-19(11-13-26-4)9-7-8-10-19/h5-15H2,1-4H3,(H2,20,21,22). The van der Waals surface area contributed by atoms with E-state index >= 15 is 0 Å². The van der Waals surface area contributed by atoms with Crippen LogP contribution in [0, 0.1) is 12.3 Å². The normalized spacial score (nSPS) is 16.8. The number of aliphatic imine (C=N–C) groups is 1.